The van der Waals surface area contributed by atoms with Crippen LogP contribution in [0.5, 0.6) is 0 Å². The Labute approximate surface area is 116 Å². The van der Waals surface area contributed by atoms with Crippen molar-refractivity contribution in [1.82, 2.24) is 5.32 Å². The summed E-state index contributed by atoms with van der Waals surface area (Å²) in [5, 5.41) is 4.39. The highest BCUT2D eigenvalue weighted by atomic mass is 35.5. The van der Waals surface area contributed by atoms with Crippen LogP contribution in [0.15, 0.2) is 24.3 Å². The molecule has 2 rings (SSSR count). The highest BCUT2D eigenvalue weighted by Gasteiger charge is 2.24. The van der Waals surface area contributed by atoms with Crippen LogP contribution in [-0.2, 0) is 6.42 Å². The molecule has 0 bridgehead atoms. The van der Waals surface area contributed by atoms with Gasteiger partial charge >= 0.3 is 0 Å². The molecule has 0 aliphatic heterocycles. The molecule has 2 unspecified atom stereocenters. The minimum Gasteiger partial charge on any atom is -0.317 e. The smallest absolute Gasteiger partial charge is 0.0408 e. The molecule has 18 heavy (non-hydrogen) atoms. The number of rotatable bonds is 5. The molecule has 1 nitrogen and oxygen atoms in total. The second kappa shape index (κ2) is 7.16. The minimum absolute atomic E-state index is 0.830. The summed E-state index contributed by atoms with van der Waals surface area (Å²) in [4.78, 5) is 0. The molecule has 100 valence electrons. The standard InChI is InChI=1S/C16H24ClN/c1-2-18-12-15-8-4-3-7-14(15)10-13-6-5-9-16(17)11-13/h5-6,9,11,14-15,18H,2-4,7-8,10,12H2,1H3. The number of benzene rings is 1. The molecule has 0 radical (unpaired) electrons. The van der Waals surface area contributed by atoms with Crippen molar-refractivity contribution in [2.45, 2.75) is 39.0 Å². The van der Waals surface area contributed by atoms with Gasteiger partial charge in [0.25, 0.3) is 0 Å². The number of halogens is 1. The van der Waals surface area contributed by atoms with Gasteiger partial charge in [0.05, 0.1) is 0 Å². The molecule has 2 heteroatoms. The average molecular weight is 266 g/mol. The first kappa shape index (κ1) is 13.9. The fraction of sp³-hybridized carbons (Fsp3) is 0.625. The summed E-state index contributed by atoms with van der Waals surface area (Å²) in [6, 6.07) is 8.37. The molecule has 0 heterocycles. The summed E-state index contributed by atoms with van der Waals surface area (Å²) >= 11 is 6.07. The van der Waals surface area contributed by atoms with Gasteiger partial charge in [-0.25, -0.2) is 0 Å². The number of hydrogen-bond acceptors (Lipinski definition) is 1. The Hall–Kier alpha value is -0.530. The van der Waals surface area contributed by atoms with Crippen molar-refractivity contribution >= 4 is 11.6 Å². The molecule has 0 amide bonds. The van der Waals surface area contributed by atoms with Gasteiger partial charge in [-0.05, 0) is 61.9 Å². The van der Waals surface area contributed by atoms with Crippen molar-refractivity contribution in [3.8, 4) is 0 Å². The number of nitrogens with one attached hydrogen (secondary N) is 1. The molecule has 0 spiro atoms. The maximum absolute atomic E-state index is 6.07. The quantitative estimate of drug-likeness (QED) is 0.837. The molecule has 1 N–H and O–H groups in total. The normalized spacial score (nSPS) is 24.1. The van der Waals surface area contributed by atoms with Gasteiger partial charge in [-0.15, -0.1) is 0 Å². The van der Waals surface area contributed by atoms with Gasteiger partial charge in [-0.2, -0.15) is 0 Å². The molecule has 0 saturated heterocycles. The van der Waals surface area contributed by atoms with Crippen LogP contribution in [-0.4, -0.2) is 13.1 Å². The molecule has 0 aromatic heterocycles. The van der Waals surface area contributed by atoms with Crippen LogP contribution in [0.4, 0.5) is 0 Å². The summed E-state index contributed by atoms with van der Waals surface area (Å²) in [5.74, 6) is 1.67. The first-order valence-corrected chi connectivity index (χ1v) is 7.62. The van der Waals surface area contributed by atoms with Gasteiger partial charge in [-0.3, -0.25) is 0 Å². The van der Waals surface area contributed by atoms with Crippen LogP contribution >= 0.6 is 11.6 Å². The van der Waals surface area contributed by atoms with Gasteiger partial charge in [-0.1, -0.05) is 43.5 Å². The van der Waals surface area contributed by atoms with Crippen molar-refractivity contribution in [1.29, 1.82) is 0 Å². The van der Waals surface area contributed by atoms with Crippen LogP contribution in [0.25, 0.3) is 0 Å². The van der Waals surface area contributed by atoms with E-state index in [0.717, 1.165) is 23.4 Å². The molecule has 1 fully saturated rings. The van der Waals surface area contributed by atoms with E-state index in [2.05, 4.69) is 30.4 Å². The Bertz CT molecular complexity index is 364. The lowest BCUT2D eigenvalue weighted by Gasteiger charge is -2.32. The maximum atomic E-state index is 6.07. The van der Waals surface area contributed by atoms with Crippen LogP contribution in [0.1, 0.15) is 38.2 Å². The minimum atomic E-state index is 0.830. The third kappa shape index (κ3) is 4.00. The Morgan fingerprint density at radius 1 is 1.22 bits per heavy atom. The zero-order valence-electron chi connectivity index (χ0n) is 11.3. The van der Waals surface area contributed by atoms with E-state index < -0.39 is 0 Å². The zero-order chi connectivity index (χ0) is 12.8. The van der Waals surface area contributed by atoms with E-state index in [1.807, 2.05) is 6.07 Å². The molecule has 2 atom stereocenters. The van der Waals surface area contributed by atoms with E-state index in [1.54, 1.807) is 0 Å². The fourth-order valence-corrected chi connectivity index (χ4v) is 3.33. The van der Waals surface area contributed by atoms with Gasteiger partial charge in [0.1, 0.15) is 0 Å². The summed E-state index contributed by atoms with van der Waals surface area (Å²) in [7, 11) is 0. The second-order valence-electron chi connectivity index (χ2n) is 5.45. The average Bonchev–Trinajstić information content (AvgIpc) is 2.38. The lowest BCUT2D eigenvalue weighted by Crippen LogP contribution is -2.31. The van der Waals surface area contributed by atoms with Crippen molar-refractivity contribution < 1.29 is 0 Å². The van der Waals surface area contributed by atoms with Crippen molar-refractivity contribution in [2.24, 2.45) is 11.8 Å². The lowest BCUT2D eigenvalue weighted by atomic mass is 9.76. The van der Waals surface area contributed by atoms with E-state index in [0.29, 0.717) is 0 Å². The summed E-state index contributed by atoms with van der Waals surface area (Å²) in [5.41, 5.74) is 1.40. The molecule has 1 aliphatic carbocycles. The van der Waals surface area contributed by atoms with Crippen LogP contribution in [0.2, 0.25) is 5.02 Å². The van der Waals surface area contributed by atoms with Crippen molar-refractivity contribution in [3.63, 3.8) is 0 Å². The molecule has 1 aliphatic rings. The Morgan fingerprint density at radius 3 is 2.72 bits per heavy atom. The molecular weight excluding hydrogens is 242 g/mol. The van der Waals surface area contributed by atoms with Gasteiger partial charge in [0, 0.05) is 5.02 Å². The van der Waals surface area contributed by atoms with Crippen LogP contribution < -0.4 is 5.32 Å². The predicted molar refractivity (Wildman–Crippen MR) is 79.1 cm³/mol. The molecule has 1 aromatic rings. The van der Waals surface area contributed by atoms with Gasteiger partial charge in [0.15, 0.2) is 0 Å². The first-order valence-electron chi connectivity index (χ1n) is 7.24. The topological polar surface area (TPSA) is 12.0 Å². The van der Waals surface area contributed by atoms with E-state index in [9.17, 15) is 0 Å². The van der Waals surface area contributed by atoms with Crippen LogP contribution in [0, 0.1) is 11.8 Å². The Morgan fingerprint density at radius 2 is 2.00 bits per heavy atom. The predicted octanol–water partition coefficient (Wildman–Crippen LogP) is 4.30. The molecular formula is C16H24ClN. The summed E-state index contributed by atoms with van der Waals surface area (Å²) in [6.45, 7) is 4.46. The van der Waals surface area contributed by atoms with E-state index in [4.69, 9.17) is 11.6 Å². The summed E-state index contributed by atoms with van der Waals surface area (Å²) < 4.78 is 0. The Balaban J connectivity index is 1.96. The number of hydrogen-bond donors (Lipinski definition) is 1. The van der Waals surface area contributed by atoms with Gasteiger partial charge in [0.2, 0.25) is 0 Å². The molecule has 1 saturated carbocycles. The highest BCUT2D eigenvalue weighted by molar-refractivity contribution is 6.30. The largest absolute Gasteiger partial charge is 0.317 e. The van der Waals surface area contributed by atoms with Crippen molar-refractivity contribution in [3.05, 3.63) is 34.9 Å². The van der Waals surface area contributed by atoms with E-state index in [-0.39, 0.29) is 0 Å². The molecule has 1 aromatic carbocycles. The SMILES string of the molecule is CCNCC1CCCCC1Cc1cccc(Cl)c1. The van der Waals surface area contributed by atoms with Gasteiger partial charge < -0.3 is 5.32 Å². The zero-order valence-corrected chi connectivity index (χ0v) is 12.0. The second-order valence-corrected chi connectivity index (χ2v) is 5.88. The highest BCUT2D eigenvalue weighted by Crippen LogP contribution is 2.32. The third-order valence-electron chi connectivity index (χ3n) is 4.11. The third-order valence-corrected chi connectivity index (χ3v) is 4.35. The Kier molecular flexibility index (Phi) is 5.52. The van der Waals surface area contributed by atoms with Crippen molar-refractivity contribution in [2.75, 3.05) is 13.1 Å². The monoisotopic (exact) mass is 265 g/mol. The fourth-order valence-electron chi connectivity index (χ4n) is 3.12. The maximum Gasteiger partial charge on any atom is 0.0408 e. The van der Waals surface area contributed by atoms with E-state index in [1.165, 1.54) is 44.2 Å². The van der Waals surface area contributed by atoms with E-state index >= 15 is 0 Å². The summed E-state index contributed by atoms with van der Waals surface area (Å²) in [6.07, 6.45) is 6.76. The lowest BCUT2D eigenvalue weighted by molar-refractivity contribution is 0.229. The van der Waals surface area contributed by atoms with Crippen LogP contribution in [0.3, 0.4) is 0 Å². The first-order chi connectivity index (χ1) is 8.79.